The van der Waals surface area contributed by atoms with E-state index in [1.54, 1.807) is 0 Å². The molecule has 0 fully saturated rings. The molecular weight excluding hydrogens is 237 g/mol. The molecule has 1 aromatic heterocycles. The highest BCUT2D eigenvalue weighted by Gasteiger charge is 2.42. The Bertz CT molecular complexity index is 351. The maximum absolute atomic E-state index is 12.4. The van der Waals surface area contributed by atoms with E-state index in [-0.39, 0.29) is 0 Å². The molecule has 0 spiro atoms. The third kappa shape index (κ3) is 2.73. The maximum atomic E-state index is 12.4. The molecule has 0 aromatic carbocycles. The molecule has 1 rings (SSSR count). The van der Waals surface area contributed by atoms with Crippen LogP contribution in [-0.2, 0) is 6.30 Å². The summed E-state index contributed by atoms with van der Waals surface area (Å²) in [6, 6.07) is 0. The van der Waals surface area contributed by atoms with Crippen molar-refractivity contribution in [3.63, 3.8) is 0 Å². The Morgan fingerprint density at radius 3 is 2.07 bits per heavy atom. The Morgan fingerprint density at radius 1 is 1.13 bits per heavy atom. The zero-order valence-corrected chi connectivity index (χ0v) is 6.45. The van der Waals surface area contributed by atoms with E-state index < -0.39 is 29.0 Å². The number of aromatic nitrogens is 2. The highest BCUT2D eigenvalue weighted by Crippen LogP contribution is 2.32. The number of ether oxygens (including phenoxy) is 1. The molecule has 0 aliphatic carbocycles. The Kier molecular flexibility index (Phi) is 2.53. The first kappa shape index (κ1) is 11.6. The standard InChI is InChI=1S/C5F7N2O/c6-2-1-13-14(4(7,8)9)3(2)15-5(10,11)12. The van der Waals surface area contributed by atoms with Crippen molar-refractivity contribution in [1.82, 2.24) is 9.78 Å². The van der Waals surface area contributed by atoms with Crippen LogP contribution >= 0.6 is 0 Å². The van der Waals surface area contributed by atoms with Crippen molar-refractivity contribution in [3.8, 4) is 5.88 Å². The quantitative estimate of drug-likeness (QED) is 0.700. The van der Waals surface area contributed by atoms with Crippen molar-refractivity contribution in [2.24, 2.45) is 0 Å². The molecule has 0 amide bonds. The molecule has 0 bridgehead atoms. The van der Waals surface area contributed by atoms with E-state index in [1.165, 1.54) is 0 Å². The number of nitrogens with zero attached hydrogens (tertiary/aromatic N) is 2. The minimum Gasteiger partial charge on any atom is -0.385 e. The van der Waals surface area contributed by atoms with E-state index >= 15 is 0 Å². The largest absolute Gasteiger partial charge is 0.574 e. The van der Waals surface area contributed by atoms with Crippen LogP contribution in [0, 0.1) is 12.0 Å². The highest BCUT2D eigenvalue weighted by atomic mass is 19.4. The highest BCUT2D eigenvalue weighted by molar-refractivity contribution is 5.11. The molecule has 15 heavy (non-hydrogen) atoms. The van der Waals surface area contributed by atoms with Gasteiger partial charge in [0.15, 0.2) is 6.20 Å². The fourth-order valence-electron chi connectivity index (χ4n) is 0.650. The van der Waals surface area contributed by atoms with Crippen molar-refractivity contribution in [3.05, 3.63) is 12.0 Å². The first-order valence-electron chi connectivity index (χ1n) is 3.10. The average Bonchev–Trinajstić information content (AvgIpc) is 2.28. The van der Waals surface area contributed by atoms with Gasteiger partial charge in [-0.05, 0) is 0 Å². The van der Waals surface area contributed by atoms with Crippen LogP contribution in [0.1, 0.15) is 0 Å². The summed E-state index contributed by atoms with van der Waals surface area (Å²) in [6.45, 7) is 0. The van der Waals surface area contributed by atoms with Crippen LogP contribution in [0.25, 0.3) is 0 Å². The van der Waals surface area contributed by atoms with Gasteiger partial charge >= 0.3 is 12.7 Å². The lowest BCUT2D eigenvalue weighted by Gasteiger charge is -2.12. The summed E-state index contributed by atoms with van der Waals surface area (Å²) in [6.07, 6.45) is -9.70. The smallest absolute Gasteiger partial charge is 0.385 e. The molecule has 3 nitrogen and oxygen atoms in total. The average molecular weight is 237 g/mol. The number of hydrogen-bond donors (Lipinski definition) is 0. The summed E-state index contributed by atoms with van der Waals surface area (Å²) >= 11 is 0. The lowest BCUT2D eigenvalue weighted by Crippen LogP contribution is -2.25. The lowest BCUT2D eigenvalue weighted by atomic mass is 10.6. The monoisotopic (exact) mass is 237 g/mol. The summed E-state index contributed by atoms with van der Waals surface area (Å²) in [7, 11) is 0. The molecule has 0 unspecified atom stereocenters. The van der Waals surface area contributed by atoms with Crippen LogP contribution in [0.3, 0.4) is 0 Å². The molecule has 10 heteroatoms. The summed E-state index contributed by atoms with van der Waals surface area (Å²) in [5.41, 5.74) is 0. The zero-order valence-electron chi connectivity index (χ0n) is 6.45. The molecule has 1 heterocycles. The maximum Gasteiger partial charge on any atom is 0.574 e. The second-order valence-corrected chi connectivity index (χ2v) is 2.16. The van der Waals surface area contributed by atoms with Crippen molar-refractivity contribution in [2.45, 2.75) is 12.7 Å². The zero-order chi connectivity index (χ0) is 11.9. The first-order valence-corrected chi connectivity index (χ1v) is 3.10. The summed E-state index contributed by atoms with van der Waals surface area (Å²) in [5.74, 6) is -4.08. The Morgan fingerprint density at radius 2 is 1.67 bits per heavy atom. The Balaban J connectivity index is 3.11. The fraction of sp³-hybridized carbons (Fsp3) is 0.400. The summed E-state index contributed by atoms with van der Waals surface area (Å²) in [4.78, 5) is 0. The lowest BCUT2D eigenvalue weighted by molar-refractivity contribution is -0.286. The van der Waals surface area contributed by atoms with Gasteiger partial charge < -0.3 is 4.74 Å². The second-order valence-electron chi connectivity index (χ2n) is 2.16. The van der Waals surface area contributed by atoms with Crippen LogP contribution < -0.4 is 4.74 Å². The molecular formula is C5F7N2O. The van der Waals surface area contributed by atoms with Crippen LogP contribution in [0.15, 0.2) is 0 Å². The van der Waals surface area contributed by atoms with E-state index in [0.717, 1.165) is 6.20 Å². The van der Waals surface area contributed by atoms with Crippen LogP contribution in [-0.4, -0.2) is 16.1 Å². The van der Waals surface area contributed by atoms with Crippen molar-refractivity contribution >= 4 is 0 Å². The van der Waals surface area contributed by atoms with Gasteiger partial charge in [-0.15, -0.1) is 31.0 Å². The van der Waals surface area contributed by atoms with E-state index in [9.17, 15) is 30.7 Å². The molecule has 0 aliphatic heterocycles. The van der Waals surface area contributed by atoms with Gasteiger partial charge in [-0.25, -0.2) is 0 Å². The topological polar surface area (TPSA) is 27.1 Å². The predicted molar refractivity (Wildman–Crippen MR) is 29.0 cm³/mol. The molecule has 1 radical (unpaired) electrons. The van der Waals surface area contributed by atoms with Gasteiger partial charge in [0.2, 0.25) is 5.82 Å². The van der Waals surface area contributed by atoms with Crippen molar-refractivity contribution in [2.75, 3.05) is 0 Å². The Labute approximate surface area is 77.0 Å². The van der Waals surface area contributed by atoms with Crippen molar-refractivity contribution in [1.29, 1.82) is 0 Å². The number of rotatable bonds is 1. The summed E-state index contributed by atoms with van der Waals surface area (Å²) in [5, 5.41) is 2.24. The van der Waals surface area contributed by atoms with E-state index in [2.05, 4.69) is 9.84 Å². The van der Waals surface area contributed by atoms with Gasteiger partial charge in [0.25, 0.3) is 5.88 Å². The van der Waals surface area contributed by atoms with Gasteiger partial charge in [0.05, 0.1) is 0 Å². The fourth-order valence-corrected chi connectivity index (χ4v) is 0.650. The third-order valence-electron chi connectivity index (χ3n) is 1.08. The van der Waals surface area contributed by atoms with Gasteiger partial charge in [-0.1, -0.05) is 0 Å². The number of alkyl halides is 6. The molecule has 0 saturated heterocycles. The van der Waals surface area contributed by atoms with Gasteiger partial charge in [0.1, 0.15) is 0 Å². The molecule has 0 saturated carbocycles. The normalized spacial score (nSPS) is 13.0. The van der Waals surface area contributed by atoms with E-state index in [4.69, 9.17) is 0 Å². The molecule has 0 aliphatic rings. The SMILES string of the molecule is Fc1[c]nn(C(F)(F)F)c1OC(F)(F)F. The molecule has 85 valence electrons. The Hall–Kier alpha value is -1.48. The van der Waals surface area contributed by atoms with Gasteiger partial charge in [0, 0.05) is 0 Å². The second kappa shape index (κ2) is 3.28. The molecule has 0 atom stereocenters. The third-order valence-corrected chi connectivity index (χ3v) is 1.08. The number of halogens is 7. The molecule has 1 aromatic rings. The van der Waals surface area contributed by atoms with Crippen LogP contribution in [0.4, 0.5) is 30.7 Å². The van der Waals surface area contributed by atoms with E-state index in [1.807, 2.05) is 0 Å². The number of hydrogen-bond acceptors (Lipinski definition) is 2. The molecule has 0 N–H and O–H groups in total. The van der Waals surface area contributed by atoms with Gasteiger partial charge in [-0.3, -0.25) is 0 Å². The summed E-state index contributed by atoms with van der Waals surface area (Å²) < 4.78 is 84.4. The first-order chi connectivity index (χ1) is 6.61. The predicted octanol–water partition coefficient (Wildman–Crippen LogP) is 2.20. The van der Waals surface area contributed by atoms with E-state index in [0.29, 0.717) is 0 Å². The minimum atomic E-state index is -5.45. The minimum absolute atomic E-state index is 1.07. The van der Waals surface area contributed by atoms with Crippen LogP contribution in [0.2, 0.25) is 0 Å². The van der Waals surface area contributed by atoms with Crippen molar-refractivity contribution < 1.29 is 35.5 Å². The van der Waals surface area contributed by atoms with Gasteiger partial charge in [-0.2, -0.15) is 9.49 Å². The van der Waals surface area contributed by atoms with Crippen LogP contribution in [0.5, 0.6) is 5.88 Å².